The first-order valence-electron chi connectivity index (χ1n) is 6.24. The van der Waals surface area contributed by atoms with Crippen molar-refractivity contribution in [3.8, 4) is 5.75 Å². The van der Waals surface area contributed by atoms with Crippen LogP contribution in [-0.2, 0) is 6.42 Å². The third kappa shape index (κ3) is 3.18. The van der Waals surface area contributed by atoms with Crippen molar-refractivity contribution in [2.75, 3.05) is 7.11 Å². The van der Waals surface area contributed by atoms with Crippen LogP contribution in [0.1, 0.15) is 21.5 Å². The minimum atomic E-state index is -0.812. The van der Waals surface area contributed by atoms with Crippen molar-refractivity contribution >= 4 is 15.9 Å². The molecule has 1 nitrogen and oxygen atoms in total. The summed E-state index contributed by atoms with van der Waals surface area (Å²) in [7, 11) is 1.62. The SMILES string of the molecule is COc1ccc(C(Br)Cc2cccc(F)c2F)cc1C. The molecule has 0 fully saturated rings. The van der Waals surface area contributed by atoms with Gasteiger partial charge >= 0.3 is 0 Å². The number of ether oxygens (including phenoxy) is 1. The monoisotopic (exact) mass is 340 g/mol. The van der Waals surface area contributed by atoms with E-state index in [1.165, 1.54) is 6.07 Å². The molecule has 0 aromatic heterocycles. The molecule has 0 saturated heterocycles. The van der Waals surface area contributed by atoms with Crippen LogP contribution in [0.15, 0.2) is 36.4 Å². The third-order valence-electron chi connectivity index (χ3n) is 3.21. The Morgan fingerprint density at radius 1 is 1.20 bits per heavy atom. The van der Waals surface area contributed by atoms with Crippen molar-refractivity contribution in [1.29, 1.82) is 0 Å². The van der Waals surface area contributed by atoms with Gasteiger partial charge in [0.25, 0.3) is 0 Å². The second-order valence-corrected chi connectivity index (χ2v) is 5.72. The van der Waals surface area contributed by atoms with Gasteiger partial charge in [0.05, 0.1) is 7.11 Å². The van der Waals surface area contributed by atoms with Crippen LogP contribution < -0.4 is 4.74 Å². The highest BCUT2D eigenvalue weighted by atomic mass is 79.9. The average molecular weight is 341 g/mol. The number of hydrogen-bond acceptors (Lipinski definition) is 1. The number of rotatable bonds is 4. The molecule has 2 aromatic rings. The van der Waals surface area contributed by atoms with Crippen LogP contribution in [0, 0.1) is 18.6 Å². The van der Waals surface area contributed by atoms with Gasteiger partial charge in [-0.1, -0.05) is 40.2 Å². The normalized spacial score (nSPS) is 12.2. The molecule has 1 atom stereocenters. The second-order valence-electron chi connectivity index (χ2n) is 4.61. The van der Waals surface area contributed by atoms with Gasteiger partial charge in [-0.2, -0.15) is 0 Å². The molecule has 2 rings (SSSR count). The van der Waals surface area contributed by atoms with Gasteiger partial charge in [0, 0.05) is 4.83 Å². The quantitative estimate of drug-likeness (QED) is 0.714. The molecule has 0 bridgehead atoms. The van der Waals surface area contributed by atoms with E-state index in [0.717, 1.165) is 22.9 Å². The number of halogens is 3. The number of benzene rings is 2. The number of aryl methyl sites for hydroxylation is 1. The van der Waals surface area contributed by atoms with E-state index < -0.39 is 11.6 Å². The molecule has 0 heterocycles. The molecule has 0 radical (unpaired) electrons. The summed E-state index contributed by atoms with van der Waals surface area (Å²) >= 11 is 3.53. The Kier molecular flexibility index (Phi) is 4.76. The summed E-state index contributed by atoms with van der Waals surface area (Å²) in [5.41, 5.74) is 2.38. The topological polar surface area (TPSA) is 9.23 Å². The maximum atomic E-state index is 13.7. The van der Waals surface area contributed by atoms with Gasteiger partial charge in [-0.25, -0.2) is 8.78 Å². The molecular formula is C16H15BrF2O. The Morgan fingerprint density at radius 2 is 1.95 bits per heavy atom. The largest absolute Gasteiger partial charge is 0.496 e. The Balaban J connectivity index is 2.21. The summed E-state index contributed by atoms with van der Waals surface area (Å²) in [5, 5.41) is 0. The first-order chi connectivity index (χ1) is 9.52. The van der Waals surface area contributed by atoms with Crippen LogP contribution >= 0.6 is 15.9 Å². The average Bonchev–Trinajstić information content (AvgIpc) is 2.43. The second kappa shape index (κ2) is 6.35. The molecule has 0 spiro atoms. The molecule has 0 saturated carbocycles. The fourth-order valence-corrected chi connectivity index (χ4v) is 2.75. The van der Waals surface area contributed by atoms with Crippen molar-refractivity contribution in [3.63, 3.8) is 0 Å². The molecule has 1 unspecified atom stereocenters. The van der Waals surface area contributed by atoms with Crippen LogP contribution in [0.3, 0.4) is 0 Å². The molecule has 106 valence electrons. The Hall–Kier alpha value is -1.42. The maximum absolute atomic E-state index is 13.7. The lowest BCUT2D eigenvalue weighted by Gasteiger charge is -2.13. The van der Waals surface area contributed by atoms with E-state index in [1.807, 2.05) is 25.1 Å². The molecule has 0 N–H and O–H groups in total. The zero-order valence-electron chi connectivity index (χ0n) is 11.3. The highest BCUT2D eigenvalue weighted by Gasteiger charge is 2.14. The van der Waals surface area contributed by atoms with Crippen molar-refractivity contribution < 1.29 is 13.5 Å². The molecule has 2 aromatic carbocycles. The zero-order valence-corrected chi connectivity index (χ0v) is 12.9. The lowest BCUT2D eigenvalue weighted by molar-refractivity contribution is 0.411. The molecule has 0 aliphatic carbocycles. The fraction of sp³-hybridized carbons (Fsp3) is 0.250. The summed E-state index contributed by atoms with van der Waals surface area (Å²) in [5.74, 6) is -0.777. The molecule has 0 aliphatic heterocycles. The van der Waals surface area contributed by atoms with E-state index in [1.54, 1.807) is 13.2 Å². The van der Waals surface area contributed by atoms with Gasteiger partial charge < -0.3 is 4.74 Å². The lowest BCUT2D eigenvalue weighted by atomic mass is 10.0. The molecule has 20 heavy (non-hydrogen) atoms. The standard InChI is InChI=1S/C16H15BrF2O/c1-10-8-11(6-7-15(10)20-2)13(17)9-12-4-3-5-14(18)16(12)19/h3-8,13H,9H2,1-2H3. The maximum Gasteiger partial charge on any atom is 0.162 e. The Bertz CT molecular complexity index is 613. The van der Waals surface area contributed by atoms with Crippen LogP contribution in [-0.4, -0.2) is 7.11 Å². The van der Waals surface area contributed by atoms with Gasteiger partial charge in [0.1, 0.15) is 5.75 Å². The summed E-state index contributed by atoms with van der Waals surface area (Å²) in [4.78, 5) is -0.0802. The van der Waals surface area contributed by atoms with Gasteiger partial charge in [-0.3, -0.25) is 0 Å². The van der Waals surface area contributed by atoms with Crippen molar-refractivity contribution in [1.82, 2.24) is 0 Å². The van der Waals surface area contributed by atoms with Gasteiger partial charge in [0.15, 0.2) is 11.6 Å². The first kappa shape index (κ1) is 15.0. The van der Waals surface area contributed by atoms with Gasteiger partial charge in [-0.05, 0) is 42.2 Å². The summed E-state index contributed by atoms with van der Waals surface area (Å²) in [6.07, 6.45) is 0.384. The molecule has 0 amide bonds. The Morgan fingerprint density at radius 3 is 2.60 bits per heavy atom. The fourth-order valence-electron chi connectivity index (χ4n) is 2.11. The van der Waals surface area contributed by atoms with E-state index in [9.17, 15) is 8.78 Å². The van der Waals surface area contributed by atoms with Crippen LogP contribution in [0.5, 0.6) is 5.75 Å². The highest BCUT2D eigenvalue weighted by Crippen LogP contribution is 2.31. The van der Waals surface area contributed by atoms with Gasteiger partial charge in [0.2, 0.25) is 0 Å². The molecular weight excluding hydrogens is 326 g/mol. The number of alkyl halides is 1. The minimum Gasteiger partial charge on any atom is -0.496 e. The van der Waals surface area contributed by atoms with E-state index >= 15 is 0 Å². The lowest BCUT2D eigenvalue weighted by Crippen LogP contribution is -2.00. The summed E-state index contributed by atoms with van der Waals surface area (Å²) in [6, 6.07) is 10.0. The van der Waals surface area contributed by atoms with Gasteiger partial charge in [-0.15, -0.1) is 0 Å². The Labute approximate surface area is 125 Å². The van der Waals surface area contributed by atoms with Crippen molar-refractivity contribution in [3.05, 3.63) is 64.7 Å². The van der Waals surface area contributed by atoms with E-state index in [2.05, 4.69) is 15.9 Å². The van der Waals surface area contributed by atoms with Crippen LogP contribution in [0.4, 0.5) is 8.78 Å². The van der Waals surface area contributed by atoms with E-state index in [4.69, 9.17) is 4.74 Å². The predicted molar refractivity (Wildman–Crippen MR) is 79.5 cm³/mol. The number of methoxy groups -OCH3 is 1. The first-order valence-corrected chi connectivity index (χ1v) is 7.16. The summed E-state index contributed by atoms with van der Waals surface area (Å²) < 4.78 is 32.1. The predicted octanol–water partition coefficient (Wildman–Crippen LogP) is 4.96. The zero-order chi connectivity index (χ0) is 14.7. The smallest absolute Gasteiger partial charge is 0.162 e. The van der Waals surface area contributed by atoms with Crippen LogP contribution in [0.25, 0.3) is 0 Å². The third-order valence-corrected chi connectivity index (χ3v) is 4.06. The van der Waals surface area contributed by atoms with E-state index in [-0.39, 0.29) is 4.83 Å². The molecule has 0 aliphatic rings. The number of hydrogen-bond donors (Lipinski definition) is 0. The summed E-state index contributed by atoms with van der Waals surface area (Å²) in [6.45, 7) is 1.95. The van der Waals surface area contributed by atoms with Crippen LogP contribution in [0.2, 0.25) is 0 Å². The van der Waals surface area contributed by atoms with Crippen molar-refractivity contribution in [2.24, 2.45) is 0 Å². The van der Waals surface area contributed by atoms with E-state index in [0.29, 0.717) is 12.0 Å². The minimum absolute atomic E-state index is 0.0802. The highest BCUT2D eigenvalue weighted by molar-refractivity contribution is 9.09. The molecule has 4 heteroatoms. The van der Waals surface area contributed by atoms with Crippen molar-refractivity contribution in [2.45, 2.75) is 18.2 Å².